The number of benzene rings is 2. The van der Waals surface area contributed by atoms with Crippen molar-refractivity contribution in [1.29, 1.82) is 0 Å². The van der Waals surface area contributed by atoms with Crippen LogP contribution in [0.4, 0.5) is 0 Å². The van der Waals surface area contributed by atoms with Gasteiger partial charge in [-0.1, -0.05) is 45.0 Å². The second-order valence-corrected chi connectivity index (χ2v) is 10.6. The maximum atomic E-state index is 13.4. The summed E-state index contributed by atoms with van der Waals surface area (Å²) < 4.78 is 11.3. The molecule has 0 bridgehead atoms. The lowest BCUT2D eigenvalue weighted by Gasteiger charge is -2.29. The second-order valence-electron chi connectivity index (χ2n) is 10.6. The monoisotopic (exact) mass is 520 g/mol. The zero-order chi connectivity index (χ0) is 27.2. The predicted molar refractivity (Wildman–Crippen MR) is 148 cm³/mol. The smallest absolute Gasteiger partial charge is 0.295 e. The van der Waals surface area contributed by atoms with Crippen LogP contribution in [0.3, 0.4) is 0 Å². The van der Waals surface area contributed by atoms with E-state index in [1.807, 2.05) is 43.3 Å². The Bertz CT molecular complexity index is 1170. The number of aliphatic hydroxyl groups is 1. The summed E-state index contributed by atoms with van der Waals surface area (Å²) in [5, 5.41) is 11.4. The van der Waals surface area contributed by atoms with Crippen LogP contribution >= 0.6 is 0 Å². The van der Waals surface area contributed by atoms with Gasteiger partial charge in [0.2, 0.25) is 0 Å². The number of amides is 1. The number of carbonyl (C=O) groups excluding carboxylic acids is 2. The minimum atomic E-state index is -0.642. The Kier molecular flexibility index (Phi) is 9.23. The molecule has 2 aromatic carbocycles. The third-order valence-corrected chi connectivity index (χ3v) is 7.24. The van der Waals surface area contributed by atoms with Crippen LogP contribution in [0.15, 0.2) is 48.0 Å². The van der Waals surface area contributed by atoms with Crippen LogP contribution in [0.25, 0.3) is 5.76 Å². The number of nitrogens with zero attached hydrogens (tertiary/aromatic N) is 2. The van der Waals surface area contributed by atoms with E-state index in [4.69, 9.17) is 9.47 Å². The molecule has 2 saturated heterocycles. The van der Waals surface area contributed by atoms with Gasteiger partial charge in [-0.2, -0.15) is 0 Å². The van der Waals surface area contributed by atoms with Crippen molar-refractivity contribution in [2.75, 3.05) is 46.0 Å². The number of aryl methyl sites for hydroxylation is 2. The molecule has 0 unspecified atom stereocenters. The molecule has 2 aliphatic rings. The Balaban J connectivity index is 1.66. The van der Waals surface area contributed by atoms with Crippen LogP contribution in [-0.2, 0) is 20.7 Å². The molecule has 204 valence electrons. The first-order chi connectivity index (χ1) is 18.3. The van der Waals surface area contributed by atoms with E-state index in [2.05, 4.69) is 25.7 Å². The van der Waals surface area contributed by atoms with E-state index in [0.717, 1.165) is 62.6 Å². The highest BCUT2D eigenvalue weighted by Crippen LogP contribution is 2.40. The van der Waals surface area contributed by atoms with E-state index in [1.165, 1.54) is 5.56 Å². The van der Waals surface area contributed by atoms with Crippen molar-refractivity contribution < 1.29 is 24.2 Å². The molecular weight excluding hydrogens is 480 g/mol. The summed E-state index contributed by atoms with van der Waals surface area (Å²) in [6.45, 7) is 13.2. The molecule has 1 atom stereocenters. The van der Waals surface area contributed by atoms with Gasteiger partial charge in [0.05, 0.1) is 31.4 Å². The zero-order valence-corrected chi connectivity index (χ0v) is 23.0. The SMILES string of the molecule is CCc1ccc([C@H]2/C(=C(\O)c3ccc(OCC(C)C)c(C)c3)C(=O)C(=O)N2CCCN2CCOCC2)cc1. The van der Waals surface area contributed by atoms with Gasteiger partial charge in [-0.15, -0.1) is 0 Å². The topological polar surface area (TPSA) is 79.3 Å². The quantitative estimate of drug-likeness (QED) is 0.277. The normalized spacial score (nSPS) is 19.9. The number of morpholine rings is 1. The molecule has 0 saturated carbocycles. The lowest BCUT2D eigenvalue weighted by Crippen LogP contribution is -2.38. The maximum absolute atomic E-state index is 13.4. The standard InChI is InChI=1S/C31H40N2O5/c1-5-23-7-9-24(10-8-23)28-27(29(34)25-11-12-26(22(4)19-25)38-20-21(2)3)30(35)31(36)33(28)14-6-13-32-15-17-37-18-16-32/h7-12,19,21,28,34H,5-6,13-18,20H2,1-4H3/b29-27+/t28-/m0/s1. The molecule has 0 aromatic heterocycles. The van der Waals surface area contributed by atoms with Gasteiger partial charge in [0.1, 0.15) is 11.5 Å². The lowest BCUT2D eigenvalue weighted by atomic mass is 9.94. The third kappa shape index (κ3) is 6.27. The van der Waals surface area contributed by atoms with E-state index in [0.29, 0.717) is 24.6 Å². The Hall–Kier alpha value is -3.16. The van der Waals surface area contributed by atoms with Gasteiger partial charge in [0.25, 0.3) is 11.7 Å². The summed E-state index contributed by atoms with van der Waals surface area (Å²) in [7, 11) is 0. The minimum absolute atomic E-state index is 0.140. The molecule has 2 aromatic rings. The molecule has 0 radical (unpaired) electrons. The summed E-state index contributed by atoms with van der Waals surface area (Å²) in [5.41, 5.74) is 3.49. The molecule has 1 N–H and O–H groups in total. The van der Waals surface area contributed by atoms with Gasteiger partial charge >= 0.3 is 0 Å². The zero-order valence-electron chi connectivity index (χ0n) is 23.0. The first kappa shape index (κ1) is 27.9. The fourth-order valence-electron chi connectivity index (χ4n) is 5.05. The first-order valence-corrected chi connectivity index (χ1v) is 13.7. The van der Waals surface area contributed by atoms with E-state index in [-0.39, 0.29) is 11.3 Å². The number of ether oxygens (including phenoxy) is 2. The number of carbonyl (C=O) groups is 2. The number of aliphatic hydroxyl groups excluding tert-OH is 1. The van der Waals surface area contributed by atoms with Crippen molar-refractivity contribution in [2.45, 2.75) is 46.6 Å². The average molecular weight is 521 g/mol. The molecule has 38 heavy (non-hydrogen) atoms. The summed E-state index contributed by atoms with van der Waals surface area (Å²) in [6.07, 6.45) is 1.63. The van der Waals surface area contributed by atoms with Crippen molar-refractivity contribution in [3.8, 4) is 5.75 Å². The van der Waals surface area contributed by atoms with Gasteiger partial charge in [-0.25, -0.2) is 0 Å². The van der Waals surface area contributed by atoms with E-state index < -0.39 is 17.7 Å². The van der Waals surface area contributed by atoms with Crippen molar-refractivity contribution >= 4 is 17.4 Å². The summed E-state index contributed by atoms with van der Waals surface area (Å²) >= 11 is 0. The second kappa shape index (κ2) is 12.6. The average Bonchev–Trinajstić information content (AvgIpc) is 3.17. The summed E-state index contributed by atoms with van der Waals surface area (Å²) in [6, 6.07) is 12.7. The highest BCUT2D eigenvalue weighted by molar-refractivity contribution is 6.46. The fraction of sp³-hybridized carbons (Fsp3) is 0.484. The minimum Gasteiger partial charge on any atom is -0.507 e. The Morgan fingerprint density at radius 2 is 1.79 bits per heavy atom. The van der Waals surface area contributed by atoms with Crippen LogP contribution in [0.1, 0.15) is 55.5 Å². The first-order valence-electron chi connectivity index (χ1n) is 13.7. The molecule has 0 spiro atoms. The highest BCUT2D eigenvalue weighted by atomic mass is 16.5. The number of hydrogen-bond donors (Lipinski definition) is 1. The molecule has 2 fully saturated rings. The van der Waals surface area contributed by atoms with Gasteiger partial charge in [0.15, 0.2) is 0 Å². The molecule has 4 rings (SSSR count). The maximum Gasteiger partial charge on any atom is 0.295 e. The molecule has 1 amide bonds. The van der Waals surface area contributed by atoms with E-state index in [9.17, 15) is 14.7 Å². The predicted octanol–water partition coefficient (Wildman–Crippen LogP) is 4.74. The van der Waals surface area contributed by atoms with Crippen LogP contribution in [0.5, 0.6) is 5.75 Å². The third-order valence-electron chi connectivity index (χ3n) is 7.24. The van der Waals surface area contributed by atoms with E-state index >= 15 is 0 Å². The van der Waals surface area contributed by atoms with Gasteiger partial charge in [0, 0.05) is 31.7 Å². The van der Waals surface area contributed by atoms with Crippen LogP contribution in [0.2, 0.25) is 0 Å². The number of Topliss-reactive ketones (excluding diaryl/α,β-unsaturated/α-hetero) is 1. The van der Waals surface area contributed by atoms with Gasteiger partial charge < -0.3 is 19.5 Å². The number of hydrogen-bond acceptors (Lipinski definition) is 6. The van der Waals surface area contributed by atoms with Crippen LogP contribution < -0.4 is 4.74 Å². The molecule has 7 heteroatoms. The lowest BCUT2D eigenvalue weighted by molar-refractivity contribution is -0.140. The van der Waals surface area contributed by atoms with Crippen molar-refractivity contribution in [1.82, 2.24) is 9.80 Å². The van der Waals surface area contributed by atoms with Gasteiger partial charge in [-0.05, 0) is 60.6 Å². The van der Waals surface area contributed by atoms with Crippen LogP contribution in [0, 0.1) is 12.8 Å². The van der Waals surface area contributed by atoms with Gasteiger partial charge in [-0.3, -0.25) is 14.5 Å². The molecule has 7 nitrogen and oxygen atoms in total. The Morgan fingerprint density at radius 1 is 1.08 bits per heavy atom. The fourth-order valence-corrected chi connectivity index (χ4v) is 5.05. The van der Waals surface area contributed by atoms with Crippen LogP contribution in [-0.4, -0.2) is 72.6 Å². The number of rotatable bonds is 10. The summed E-state index contributed by atoms with van der Waals surface area (Å²) in [5.74, 6) is -0.226. The molecule has 0 aliphatic carbocycles. The molecule has 2 aliphatic heterocycles. The molecule has 2 heterocycles. The van der Waals surface area contributed by atoms with Crippen molar-refractivity contribution in [2.24, 2.45) is 5.92 Å². The summed E-state index contributed by atoms with van der Waals surface area (Å²) in [4.78, 5) is 30.6. The van der Waals surface area contributed by atoms with Crippen molar-refractivity contribution in [3.05, 3.63) is 70.3 Å². The Labute approximate surface area is 226 Å². The number of ketones is 1. The highest BCUT2D eigenvalue weighted by Gasteiger charge is 2.45. The largest absolute Gasteiger partial charge is 0.507 e. The Morgan fingerprint density at radius 3 is 2.42 bits per heavy atom. The number of likely N-dealkylation sites (tertiary alicyclic amines) is 1. The van der Waals surface area contributed by atoms with Crippen molar-refractivity contribution in [3.63, 3.8) is 0 Å². The van der Waals surface area contributed by atoms with E-state index in [1.54, 1.807) is 11.0 Å². The molecular formula is C31H40N2O5.